The molecule has 0 aliphatic heterocycles. The Kier molecular flexibility index (Phi) is 3.76. The molecule has 0 unspecified atom stereocenters. The zero-order valence-corrected chi connectivity index (χ0v) is 13.9. The van der Waals surface area contributed by atoms with Crippen LogP contribution in [0.3, 0.4) is 0 Å². The van der Waals surface area contributed by atoms with Crippen LogP contribution in [-0.4, -0.2) is 4.98 Å². The first kappa shape index (κ1) is 14.9. The summed E-state index contributed by atoms with van der Waals surface area (Å²) in [6.07, 6.45) is 1.75. The fourth-order valence-electron chi connectivity index (χ4n) is 3.06. The van der Waals surface area contributed by atoms with Gasteiger partial charge in [-0.15, -0.1) is 0 Å². The van der Waals surface area contributed by atoms with Gasteiger partial charge in [0.15, 0.2) is 7.14 Å². The summed E-state index contributed by atoms with van der Waals surface area (Å²) in [5, 5.41) is 3.46. The molecule has 0 saturated carbocycles. The Labute approximate surface area is 141 Å². The molecule has 0 aliphatic carbocycles. The molecule has 1 aromatic heterocycles. The van der Waals surface area contributed by atoms with Crippen molar-refractivity contribution < 1.29 is 4.57 Å². The van der Waals surface area contributed by atoms with Crippen molar-refractivity contribution in [3.63, 3.8) is 0 Å². The second-order valence-electron chi connectivity index (χ2n) is 5.63. The van der Waals surface area contributed by atoms with Gasteiger partial charge in [-0.05, 0) is 12.1 Å². The predicted molar refractivity (Wildman–Crippen MR) is 101 cm³/mol. The number of fused-ring (bicyclic) bond motifs is 1. The van der Waals surface area contributed by atoms with Crippen LogP contribution in [0.4, 0.5) is 0 Å². The standard InChI is InChI=1S/C21H16NOP/c23-24(17-9-3-1-4-10-17,18-11-5-2-6-12-18)21-15-16-22-20-14-8-7-13-19(20)21/h1-16H. The summed E-state index contributed by atoms with van der Waals surface area (Å²) >= 11 is 0. The maximum Gasteiger partial charge on any atom is 0.171 e. The van der Waals surface area contributed by atoms with E-state index >= 15 is 0 Å². The van der Waals surface area contributed by atoms with Gasteiger partial charge in [0.05, 0.1) is 5.52 Å². The lowest BCUT2D eigenvalue weighted by molar-refractivity contribution is 0.592. The summed E-state index contributed by atoms with van der Waals surface area (Å²) in [7, 11) is -2.96. The summed E-state index contributed by atoms with van der Waals surface area (Å²) in [5.41, 5.74) is 0.863. The molecule has 0 bridgehead atoms. The van der Waals surface area contributed by atoms with Crippen LogP contribution in [0.1, 0.15) is 0 Å². The average Bonchev–Trinajstić information content (AvgIpc) is 2.68. The second kappa shape index (κ2) is 6.07. The summed E-state index contributed by atoms with van der Waals surface area (Å²) in [6.45, 7) is 0. The molecule has 2 nitrogen and oxygen atoms in total. The molecule has 0 atom stereocenters. The molecular weight excluding hydrogens is 313 g/mol. The Balaban J connectivity index is 2.09. The maximum atomic E-state index is 14.4. The lowest BCUT2D eigenvalue weighted by Gasteiger charge is -2.21. The number of pyridine rings is 1. The van der Waals surface area contributed by atoms with Crippen molar-refractivity contribution in [2.24, 2.45) is 0 Å². The van der Waals surface area contributed by atoms with E-state index in [1.807, 2.05) is 91.0 Å². The summed E-state index contributed by atoms with van der Waals surface area (Å²) in [6, 6.07) is 29.2. The van der Waals surface area contributed by atoms with Crippen molar-refractivity contribution >= 4 is 34.0 Å². The van der Waals surface area contributed by atoms with Crippen molar-refractivity contribution in [3.8, 4) is 0 Å². The topological polar surface area (TPSA) is 30.0 Å². The van der Waals surface area contributed by atoms with Crippen LogP contribution in [0.25, 0.3) is 10.9 Å². The van der Waals surface area contributed by atoms with Crippen molar-refractivity contribution in [2.75, 3.05) is 0 Å². The average molecular weight is 329 g/mol. The van der Waals surface area contributed by atoms with Crippen LogP contribution in [-0.2, 0) is 4.57 Å². The van der Waals surface area contributed by atoms with Gasteiger partial charge in [-0.3, -0.25) is 4.98 Å². The Morgan fingerprint density at radius 1 is 0.625 bits per heavy atom. The summed E-state index contributed by atoms with van der Waals surface area (Å²) in [4.78, 5) is 4.42. The highest BCUT2D eigenvalue weighted by Crippen LogP contribution is 2.43. The van der Waals surface area contributed by atoms with Crippen LogP contribution < -0.4 is 15.9 Å². The summed E-state index contributed by atoms with van der Waals surface area (Å²) < 4.78 is 14.4. The molecule has 3 aromatic carbocycles. The number of hydrogen-bond donors (Lipinski definition) is 0. The van der Waals surface area contributed by atoms with Crippen LogP contribution in [0.5, 0.6) is 0 Å². The number of aromatic nitrogens is 1. The van der Waals surface area contributed by atoms with E-state index in [1.165, 1.54) is 0 Å². The third kappa shape index (κ3) is 2.36. The fraction of sp³-hybridized carbons (Fsp3) is 0. The number of hydrogen-bond acceptors (Lipinski definition) is 2. The van der Waals surface area contributed by atoms with Gasteiger partial charge in [0.25, 0.3) is 0 Å². The van der Waals surface area contributed by atoms with E-state index in [0.717, 1.165) is 26.8 Å². The number of benzene rings is 3. The first-order valence-electron chi connectivity index (χ1n) is 7.86. The highest BCUT2D eigenvalue weighted by Gasteiger charge is 2.31. The monoisotopic (exact) mass is 329 g/mol. The smallest absolute Gasteiger partial charge is 0.171 e. The van der Waals surface area contributed by atoms with Crippen molar-refractivity contribution in [3.05, 3.63) is 97.2 Å². The molecule has 3 heteroatoms. The maximum absolute atomic E-state index is 14.4. The Morgan fingerprint density at radius 3 is 1.79 bits per heavy atom. The van der Waals surface area contributed by atoms with Gasteiger partial charge >= 0.3 is 0 Å². The van der Waals surface area contributed by atoms with E-state index in [-0.39, 0.29) is 0 Å². The lowest BCUT2D eigenvalue weighted by Crippen LogP contribution is -2.25. The minimum Gasteiger partial charge on any atom is -0.309 e. The van der Waals surface area contributed by atoms with Crippen LogP contribution in [0.2, 0.25) is 0 Å². The SMILES string of the molecule is O=P(c1ccccc1)(c1ccccc1)c1ccnc2ccccc12. The van der Waals surface area contributed by atoms with Crippen LogP contribution >= 0.6 is 7.14 Å². The number of nitrogens with zero attached hydrogens (tertiary/aromatic N) is 1. The van der Waals surface area contributed by atoms with Crippen molar-refractivity contribution in [2.45, 2.75) is 0 Å². The zero-order chi connectivity index (χ0) is 16.4. The van der Waals surface area contributed by atoms with Crippen molar-refractivity contribution in [1.82, 2.24) is 4.98 Å². The van der Waals surface area contributed by atoms with Gasteiger partial charge in [-0.2, -0.15) is 0 Å². The fourth-order valence-corrected chi connectivity index (χ4v) is 5.90. The second-order valence-corrected chi connectivity index (χ2v) is 8.36. The zero-order valence-electron chi connectivity index (χ0n) is 13.0. The van der Waals surface area contributed by atoms with E-state index in [0.29, 0.717) is 0 Å². The Hall–Kier alpha value is -2.70. The summed E-state index contributed by atoms with van der Waals surface area (Å²) in [5.74, 6) is 0. The molecule has 0 spiro atoms. The number of rotatable bonds is 3. The van der Waals surface area contributed by atoms with Gasteiger partial charge in [-0.25, -0.2) is 0 Å². The van der Waals surface area contributed by atoms with E-state index in [1.54, 1.807) is 6.20 Å². The molecule has 24 heavy (non-hydrogen) atoms. The predicted octanol–water partition coefficient (Wildman–Crippen LogP) is 3.87. The molecule has 0 radical (unpaired) electrons. The van der Waals surface area contributed by atoms with Crippen LogP contribution in [0.15, 0.2) is 97.2 Å². The molecule has 116 valence electrons. The van der Waals surface area contributed by atoms with E-state index in [9.17, 15) is 4.57 Å². The Bertz CT molecular complexity index is 980. The van der Waals surface area contributed by atoms with E-state index in [4.69, 9.17) is 0 Å². The van der Waals surface area contributed by atoms with E-state index in [2.05, 4.69) is 4.98 Å². The first-order valence-corrected chi connectivity index (χ1v) is 9.56. The minimum atomic E-state index is -2.96. The first-order chi connectivity index (χ1) is 11.8. The van der Waals surface area contributed by atoms with Gasteiger partial charge in [0.1, 0.15) is 0 Å². The van der Waals surface area contributed by atoms with Gasteiger partial charge in [0, 0.05) is 27.5 Å². The highest BCUT2D eigenvalue weighted by atomic mass is 31.2. The third-order valence-corrected chi connectivity index (χ3v) is 7.32. The van der Waals surface area contributed by atoms with Gasteiger partial charge in [-0.1, -0.05) is 78.9 Å². The molecule has 4 aromatic rings. The molecule has 0 aliphatic rings. The molecular formula is C21H16NOP. The molecule has 0 amide bonds. The van der Waals surface area contributed by atoms with E-state index < -0.39 is 7.14 Å². The molecule has 0 saturated heterocycles. The quantitative estimate of drug-likeness (QED) is 0.534. The van der Waals surface area contributed by atoms with Gasteiger partial charge in [0.2, 0.25) is 0 Å². The van der Waals surface area contributed by atoms with Gasteiger partial charge < -0.3 is 4.57 Å². The third-order valence-electron chi connectivity index (χ3n) is 4.20. The molecule has 1 heterocycles. The lowest BCUT2D eigenvalue weighted by atomic mass is 10.2. The largest absolute Gasteiger partial charge is 0.309 e. The molecule has 4 rings (SSSR count). The minimum absolute atomic E-state index is 0.838. The van der Waals surface area contributed by atoms with Crippen LogP contribution in [0, 0.1) is 0 Å². The highest BCUT2D eigenvalue weighted by molar-refractivity contribution is 7.85. The normalized spacial score (nSPS) is 11.5. The Morgan fingerprint density at radius 2 is 1.17 bits per heavy atom. The van der Waals surface area contributed by atoms with Crippen molar-refractivity contribution in [1.29, 1.82) is 0 Å². The number of para-hydroxylation sites is 1. The molecule has 0 N–H and O–H groups in total. The molecule has 0 fully saturated rings.